The van der Waals surface area contributed by atoms with Crippen molar-refractivity contribution in [3.05, 3.63) is 11.8 Å². The number of aliphatic imine (C=N–C) groups is 1. The fourth-order valence-corrected chi connectivity index (χ4v) is 8.41. The number of aliphatic hydroxyl groups excluding tert-OH is 3. The normalized spacial score (nSPS) is 23.0. The molecule has 28 nitrogen and oxygen atoms in total. The van der Waals surface area contributed by atoms with Crippen LogP contribution in [-0.4, -0.2) is 179 Å². The van der Waals surface area contributed by atoms with Crippen molar-refractivity contribution < 1.29 is 72.8 Å². The van der Waals surface area contributed by atoms with Crippen LogP contribution in [0.25, 0.3) is 0 Å². The van der Waals surface area contributed by atoms with Crippen LogP contribution in [0.2, 0.25) is 0 Å². The van der Waals surface area contributed by atoms with Crippen molar-refractivity contribution in [2.45, 2.75) is 212 Å². The van der Waals surface area contributed by atoms with Crippen molar-refractivity contribution in [3.8, 4) is 0 Å². The Bertz CT molecular complexity index is 2140. The molecule has 1 rings (SSSR count). The third-order valence-corrected chi connectivity index (χ3v) is 12.9. The highest BCUT2D eigenvalue weighted by Gasteiger charge is 2.39. The van der Waals surface area contributed by atoms with Gasteiger partial charge in [0.2, 0.25) is 53.2 Å². The zero-order chi connectivity index (χ0) is 60.6. The van der Waals surface area contributed by atoms with Gasteiger partial charge in [-0.25, -0.2) is 4.79 Å². The first-order valence-electron chi connectivity index (χ1n) is 27.5. The van der Waals surface area contributed by atoms with Crippen LogP contribution in [0.3, 0.4) is 0 Å². The number of hydrogen-bond acceptors (Lipinski definition) is 16. The molecule has 0 aromatic carbocycles. The van der Waals surface area contributed by atoms with Gasteiger partial charge in [-0.2, -0.15) is 0 Å². The molecule has 1 aliphatic heterocycles. The summed E-state index contributed by atoms with van der Waals surface area (Å²) in [6.07, 6.45) is 3.42. The monoisotopic (exact) mass is 1140 g/mol. The highest BCUT2D eigenvalue weighted by Crippen LogP contribution is 2.15. The predicted octanol–water partition coefficient (Wildman–Crippen LogP) is -2.77. The maximum atomic E-state index is 14.5. The van der Waals surface area contributed by atoms with Crippen molar-refractivity contribution in [1.29, 1.82) is 0 Å². The number of guanidine groups is 1. The second kappa shape index (κ2) is 37.8. The molecule has 10 atom stereocenters. The highest BCUT2D eigenvalue weighted by molar-refractivity contribution is 6.01. The molecule has 0 bridgehead atoms. The highest BCUT2D eigenvalue weighted by atomic mass is 16.5. The van der Waals surface area contributed by atoms with Gasteiger partial charge in [-0.15, -0.1) is 0 Å². The van der Waals surface area contributed by atoms with E-state index in [1.165, 1.54) is 39.2 Å². The van der Waals surface area contributed by atoms with Crippen molar-refractivity contribution in [1.82, 2.24) is 47.4 Å². The summed E-state index contributed by atoms with van der Waals surface area (Å²) in [5, 5.41) is 51.5. The van der Waals surface area contributed by atoms with E-state index in [1.54, 1.807) is 13.8 Å². The number of aliphatic hydroxyl groups is 3. The van der Waals surface area contributed by atoms with Crippen LogP contribution in [0.1, 0.15) is 151 Å². The SMILES string of the molecule is C/C=C(/NC(=O)C[C@H](O)CCCCCCCCCCC)C(=O)NC1C(=O)NC([C@@H](C)O)C(=O)N[C@H](CC(C)C)C(=O)NCC(=O)N[C@H](CCC(N)=O)C(=O)NCC(=O)N(C)C([C@H](C)O)C(=O)N[C@@H](CCCN=C(N)N)C(=O)OC1C. The van der Waals surface area contributed by atoms with E-state index >= 15 is 0 Å². The number of primary amides is 1. The Morgan fingerprint density at radius 2 is 1.32 bits per heavy atom. The van der Waals surface area contributed by atoms with Crippen LogP contribution in [0.5, 0.6) is 0 Å². The molecule has 28 heteroatoms. The van der Waals surface area contributed by atoms with E-state index in [-0.39, 0.29) is 50.5 Å². The minimum absolute atomic E-state index is 0.000166. The second-order valence-corrected chi connectivity index (χ2v) is 20.5. The molecule has 17 N–H and O–H groups in total. The Hall–Kier alpha value is -6.94. The third-order valence-electron chi connectivity index (χ3n) is 12.9. The molecule has 4 unspecified atom stereocenters. The van der Waals surface area contributed by atoms with Crippen LogP contribution >= 0.6 is 0 Å². The average molecular weight is 1140 g/mol. The molecular weight excluding hydrogens is 1050 g/mol. The number of esters is 1. The van der Waals surface area contributed by atoms with Gasteiger partial charge in [-0.3, -0.25) is 52.9 Å². The van der Waals surface area contributed by atoms with E-state index in [1.807, 2.05) is 0 Å². The van der Waals surface area contributed by atoms with Crippen molar-refractivity contribution in [3.63, 3.8) is 0 Å². The largest absolute Gasteiger partial charge is 0.458 e. The van der Waals surface area contributed by atoms with Gasteiger partial charge < -0.3 is 84.7 Å². The zero-order valence-electron chi connectivity index (χ0n) is 47.7. The third kappa shape index (κ3) is 27.8. The minimum Gasteiger partial charge on any atom is -0.458 e. The van der Waals surface area contributed by atoms with Crippen LogP contribution < -0.4 is 59.7 Å². The van der Waals surface area contributed by atoms with Gasteiger partial charge in [-0.05, 0) is 65.7 Å². The Labute approximate surface area is 468 Å². The summed E-state index contributed by atoms with van der Waals surface area (Å²) in [6, 6.07) is -10.2. The van der Waals surface area contributed by atoms with Crippen LogP contribution in [0, 0.1) is 5.92 Å². The van der Waals surface area contributed by atoms with E-state index in [2.05, 4.69) is 54.5 Å². The van der Waals surface area contributed by atoms with E-state index < -0.39 is 151 Å². The first kappa shape index (κ1) is 71.1. The van der Waals surface area contributed by atoms with Gasteiger partial charge in [0.25, 0.3) is 5.91 Å². The fraction of sp³-hybridized carbons (Fsp3) is 0.731. The molecule has 0 spiro atoms. The lowest BCUT2D eigenvalue weighted by atomic mass is 10.0. The molecule has 0 aromatic rings. The van der Waals surface area contributed by atoms with Crippen molar-refractivity contribution in [2.75, 3.05) is 26.7 Å². The number of ether oxygens (including phenoxy) is 1. The Morgan fingerprint density at radius 3 is 1.89 bits per heavy atom. The van der Waals surface area contributed by atoms with Gasteiger partial charge in [0.05, 0.1) is 37.8 Å². The van der Waals surface area contributed by atoms with Crippen LogP contribution in [-0.2, 0) is 57.5 Å². The van der Waals surface area contributed by atoms with Crippen molar-refractivity contribution in [2.24, 2.45) is 28.1 Å². The lowest BCUT2D eigenvalue weighted by Gasteiger charge is -2.32. The maximum Gasteiger partial charge on any atom is 0.328 e. The first-order valence-corrected chi connectivity index (χ1v) is 27.5. The van der Waals surface area contributed by atoms with Gasteiger partial charge in [0.15, 0.2) is 5.96 Å². The lowest BCUT2D eigenvalue weighted by molar-refractivity contribution is -0.157. The first-order chi connectivity index (χ1) is 37.6. The number of allylic oxidation sites excluding steroid dienone is 1. The summed E-state index contributed by atoms with van der Waals surface area (Å²) in [6.45, 7) is 8.74. The maximum absolute atomic E-state index is 14.5. The summed E-state index contributed by atoms with van der Waals surface area (Å²) in [5.74, 6) is -11.8. The van der Waals surface area contributed by atoms with E-state index in [0.717, 1.165) is 57.9 Å². The van der Waals surface area contributed by atoms with E-state index in [0.29, 0.717) is 12.8 Å². The number of nitrogens with zero attached hydrogens (tertiary/aromatic N) is 2. The van der Waals surface area contributed by atoms with Crippen LogP contribution in [0.15, 0.2) is 16.8 Å². The Balaban J connectivity index is 3.82. The molecule has 1 saturated heterocycles. The fourth-order valence-electron chi connectivity index (χ4n) is 8.41. The number of hydrogen-bond donors (Lipinski definition) is 14. The van der Waals surface area contributed by atoms with Crippen LogP contribution in [0.4, 0.5) is 0 Å². The Kier molecular flexibility index (Phi) is 33.6. The molecule has 1 fully saturated rings. The number of nitrogens with one attached hydrogen (secondary N) is 8. The summed E-state index contributed by atoms with van der Waals surface area (Å²) in [7, 11) is 1.11. The quantitative estimate of drug-likeness (QED) is 0.0137. The Morgan fingerprint density at radius 1 is 0.738 bits per heavy atom. The molecule has 0 aromatic heterocycles. The standard InChI is InChI=1S/C52H91N13O15/c1-9-11-12-13-14-15-16-17-18-20-33(68)26-39(70)59-34(10-2)47(75)64-43-32(7)80-51(79)36(21-19-24-56-52(54)55)61-50(78)44(31(6)67)65(8)41(72)28-58-45(73)35(22-23-38(53)69)60-40(71)27-57-46(74)37(25-29(3)4)62-48(76)42(30(5)66)63-49(43)77/h10,29-33,35-37,42-44,66-68H,9,11-28H2,1-8H3,(H2,53,69)(H,57,74)(H,58,73)(H,59,70)(H,60,71)(H,61,78)(H,62,76)(H,63,77)(H,64,75)(H4,54,55,56)/b34-10+/t30-,31+,32?,33-,35-,36+,37-,42?,43?,44?/m1/s1. The average Bonchev–Trinajstić information content (AvgIpc) is 3.37. The summed E-state index contributed by atoms with van der Waals surface area (Å²) >= 11 is 0. The summed E-state index contributed by atoms with van der Waals surface area (Å²) in [5.41, 5.74) is 15.9. The number of nitrogens with two attached hydrogens (primary N) is 3. The second-order valence-electron chi connectivity index (χ2n) is 20.5. The minimum atomic E-state index is -1.97. The zero-order valence-corrected chi connectivity index (χ0v) is 47.7. The molecule has 80 heavy (non-hydrogen) atoms. The topological polar surface area (TPSA) is 448 Å². The molecule has 10 amide bonds. The molecule has 1 aliphatic rings. The van der Waals surface area contributed by atoms with Gasteiger partial charge in [-0.1, -0.05) is 84.6 Å². The summed E-state index contributed by atoms with van der Waals surface area (Å²) in [4.78, 5) is 154. The predicted molar refractivity (Wildman–Crippen MR) is 293 cm³/mol. The molecule has 454 valence electrons. The number of carbonyl (C=O) groups is 11. The number of rotatable bonds is 26. The number of amides is 10. The molecular formula is C52H91N13O15. The lowest BCUT2D eigenvalue weighted by Crippen LogP contribution is -2.62. The number of carbonyl (C=O) groups excluding carboxylic acids is 11. The smallest absolute Gasteiger partial charge is 0.328 e. The van der Waals surface area contributed by atoms with Crippen molar-refractivity contribution >= 4 is 71.0 Å². The van der Waals surface area contributed by atoms with Gasteiger partial charge >= 0.3 is 5.97 Å². The van der Waals surface area contributed by atoms with Gasteiger partial charge in [0, 0.05) is 20.0 Å². The summed E-state index contributed by atoms with van der Waals surface area (Å²) < 4.78 is 5.74. The number of unbranched alkanes of at least 4 members (excludes halogenated alkanes) is 8. The molecule has 0 saturated carbocycles. The van der Waals surface area contributed by atoms with E-state index in [9.17, 15) is 68.1 Å². The molecule has 0 radical (unpaired) electrons. The molecule has 0 aliphatic carbocycles. The van der Waals surface area contributed by atoms with E-state index in [4.69, 9.17) is 21.9 Å². The van der Waals surface area contributed by atoms with Gasteiger partial charge in [0.1, 0.15) is 48.1 Å². The molecule has 1 heterocycles. The number of cyclic esters (lactones) is 1. The number of likely N-dealkylation sites (N-methyl/N-ethyl adjacent to an activating group) is 1.